The first-order valence-electron chi connectivity index (χ1n) is 9.77. The van der Waals surface area contributed by atoms with Gasteiger partial charge in [0.05, 0.1) is 0 Å². The van der Waals surface area contributed by atoms with Crippen LogP contribution in [0.15, 0.2) is 36.5 Å². The van der Waals surface area contributed by atoms with Crippen molar-refractivity contribution < 1.29 is 14.3 Å². The van der Waals surface area contributed by atoms with E-state index in [2.05, 4.69) is 15.2 Å². The number of carbonyl (C=O) groups is 1. The number of nitrogens with zero attached hydrogens (tertiary/aromatic N) is 3. The summed E-state index contributed by atoms with van der Waals surface area (Å²) in [6.45, 7) is 3.27. The first kappa shape index (κ1) is 18.4. The standard InChI is InChI=1S/C21H26N4O3/c1-24(14-16-7-8-18-19(12-16)28-15-27-18)21(26)23-13-17-6-5-9-22-20(17)25-10-3-2-4-11-25/h5-9,12H,2-4,10-11,13-15H2,1H3,(H,23,26). The zero-order valence-electron chi connectivity index (χ0n) is 16.2. The monoisotopic (exact) mass is 382 g/mol. The van der Waals surface area contributed by atoms with Gasteiger partial charge < -0.3 is 24.6 Å². The van der Waals surface area contributed by atoms with Crippen LogP contribution in [0.2, 0.25) is 0 Å². The number of aromatic nitrogens is 1. The van der Waals surface area contributed by atoms with Gasteiger partial charge in [0.1, 0.15) is 5.82 Å². The van der Waals surface area contributed by atoms with E-state index in [9.17, 15) is 4.79 Å². The number of hydrogen-bond donors (Lipinski definition) is 1. The molecular formula is C21H26N4O3. The molecule has 0 bridgehead atoms. The third-order valence-corrected chi connectivity index (χ3v) is 5.16. The first-order chi connectivity index (χ1) is 13.7. The van der Waals surface area contributed by atoms with Gasteiger partial charge in [-0.15, -0.1) is 0 Å². The van der Waals surface area contributed by atoms with E-state index in [0.29, 0.717) is 13.1 Å². The van der Waals surface area contributed by atoms with E-state index >= 15 is 0 Å². The van der Waals surface area contributed by atoms with Crippen LogP contribution in [-0.2, 0) is 13.1 Å². The quantitative estimate of drug-likeness (QED) is 0.861. The minimum Gasteiger partial charge on any atom is -0.454 e. The van der Waals surface area contributed by atoms with Crippen LogP contribution in [0.5, 0.6) is 11.5 Å². The van der Waals surface area contributed by atoms with E-state index in [4.69, 9.17) is 9.47 Å². The highest BCUT2D eigenvalue weighted by molar-refractivity contribution is 5.74. The summed E-state index contributed by atoms with van der Waals surface area (Å²) in [5, 5.41) is 3.02. The van der Waals surface area contributed by atoms with Crippen molar-refractivity contribution in [1.29, 1.82) is 0 Å². The van der Waals surface area contributed by atoms with Gasteiger partial charge in [-0.25, -0.2) is 9.78 Å². The van der Waals surface area contributed by atoms with Gasteiger partial charge in [0.25, 0.3) is 0 Å². The lowest BCUT2D eigenvalue weighted by Crippen LogP contribution is -2.37. The van der Waals surface area contributed by atoms with E-state index in [1.54, 1.807) is 11.9 Å². The summed E-state index contributed by atoms with van der Waals surface area (Å²) in [4.78, 5) is 21.1. The molecule has 28 heavy (non-hydrogen) atoms. The predicted molar refractivity (Wildman–Crippen MR) is 107 cm³/mol. The van der Waals surface area contributed by atoms with E-state index in [1.807, 2.05) is 36.5 Å². The molecule has 0 aliphatic carbocycles. The summed E-state index contributed by atoms with van der Waals surface area (Å²) in [7, 11) is 1.79. The molecule has 2 aliphatic heterocycles. The summed E-state index contributed by atoms with van der Waals surface area (Å²) in [5.74, 6) is 2.46. The molecule has 2 aliphatic rings. The minimum atomic E-state index is -0.119. The SMILES string of the molecule is CN(Cc1ccc2c(c1)OCO2)C(=O)NCc1cccnc1N1CCCCC1. The zero-order chi connectivity index (χ0) is 19.3. The normalized spacial score (nSPS) is 15.4. The summed E-state index contributed by atoms with van der Waals surface area (Å²) >= 11 is 0. The highest BCUT2D eigenvalue weighted by Crippen LogP contribution is 2.32. The van der Waals surface area contributed by atoms with Gasteiger partial charge in [-0.05, 0) is 43.0 Å². The Labute approximate surface area is 165 Å². The first-order valence-corrected chi connectivity index (χ1v) is 9.77. The third-order valence-electron chi connectivity index (χ3n) is 5.16. The van der Waals surface area contributed by atoms with Crippen molar-refractivity contribution in [1.82, 2.24) is 15.2 Å². The van der Waals surface area contributed by atoms with Crippen LogP contribution in [0.4, 0.5) is 10.6 Å². The van der Waals surface area contributed by atoms with Crippen LogP contribution in [0, 0.1) is 0 Å². The summed E-state index contributed by atoms with van der Waals surface area (Å²) < 4.78 is 10.7. The summed E-state index contributed by atoms with van der Waals surface area (Å²) in [6.07, 6.45) is 5.49. The Morgan fingerprint density at radius 3 is 2.86 bits per heavy atom. The molecule has 7 nitrogen and oxygen atoms in total. The second kappa shape index (κ2) is 8.37. The molecule has 0 atom stereocenters. The maximum absolute atomic E-state index is 12.6. The van der Waals surface area contributed by atoms with E-state index in [1.165, 1.54) is 19.3 Å². The molecule has 0 radical (unpaired) electrons. The largest absolute Gasteiger partial charge is 0.454 e. The maximum Gasteiger partial charge on any atom is 0.317 e. The van der Waals surface area contributed by atoms with Gasteiger partial charge in [0.15, 0.2) is 11.5 Å². The molecule has 3 heterocycles. The number of urea groups is 1. The maximum atomic E-state index is 12.6. The van der Waals surface area contributed by atoms with Crippen LogP contribution >= 0.6 is 0 Å². The third kappa shape index (κ3) is 4.13. The van der Waals surface area contributed by atoms with Crippen molar-refractivity contribution in [3.63, 3.8) is 0 Å². The van der Waals surface area contributed by atoms with Crippen LogP contribution in [0.3, 0.4) is 0 Å². The van der Waals surface area contributed by atoms with Crippen LogP contribution < -0.4 is 19.7 Å². The highest BCUT2D eigenvalue weighted by atomic mass is 16.7. The van der Waals surface area contributed by atoms with Crippen molar-refractivity contribution in [2.75, 3.05) is 31.8 Å². The van der Waals surface area contributed by atoms with E-state index < -0.39 is 0 Å². The number of amides is 2. The topological polar surface area (TPSA) is 66.9 Å². The number of nitrogens with one attached hydrogen (secondary N) is 1. The fourth-order valence-corrected chi connectivity index (χ4v) is 3.65. The number of fused-ring (bicyclic) bond motifs is 1. The van der Waals surface area contributed by atoms with E-state index in [0.717, 1.165) is 41.5 Å². The average molecular weight is 382 g/mol. The molecule has 7 heteroatoms. The van der Waals surface area contributed by atoms with Crippen LogP contribution in [0.1, 0.15) is 30.4 Å². The van der Waals surface area contributed by atoms with Gasteiger partial charge in [-0.2, -0.15) is 0 Å². The van der Waals surface area contributed by atoms with Crippen LogP contribution in [-0.4, -0.2) is 42.8 Å². The highest BCUT2D eigenvalue weighted by Gasteiger charge is 2.18. The number of pyridine rings is 1. The lowest BCUT2D eigenvalue weighted by atomic mass is 10.1. The Morgan fingerprint density at radius 2 is 2.00 bits per heavy atom. The second-order valence-corrected chi connectivity index (χ2v) is 7.24. The number of benzene rings is 1. The molecule has 0 spiro atoms. The fourth-order valence-electron chi connectivity index (χ4n) is 3.65. The molecule has 1 saturated heterocycles. The van der Waals surface area contributed by atoms with E-state index in [-0.39, 0.29) is 12.8 Å². The summed E-state index contributed by atoms with van der Waals surface area (Å²) in [5.41, 5.74) is 2.05. The lowest BCUT2D eigenvalue weighted by molar-refractivity contribution is 0.174. The lowest BCUT2D eigenvalue weighted by Gasteiger charge is -2.29. The Morgan fingerprint density at radius 1 is 1.18 bits per heavy atom. The van der Waals surface area contributed by atoms with Crippen molar-refractivity contribution in [3.05, 3.63) is 47.7 Å². The number of piperidine rings is 1. The minimum absolute atomic E-state index is 0.119. The molecule has 0 saturated carbocycles. The Kier molecular flexibility index (Phi) is 5.50. The predicted octanol–water partition coefficient (Wildman–Crippen LogP) is 3.14. The zero-order valence-corrected chi connectivity index (χ0v) is 16.2. The molecule has 2 aromatic rings. The molecule has 1 aromatic heterocycles. The van der Waals surface area contributed by atoms with Gasteiger partial charge in [-0.3, -0.25) is 0 Å². The molecule has 4 rings (SSSR count). The molecule has 1 aromatic carbocycles. The second-order valence-electron chi connectivity index (χ2n) is 7.24. The Hall–Kier alpha value is -2.96. The number of anilines is 1. The van der Waals surface area contributed by atoms with Gasteiger partial charge in [0.2, 0.25) is 6.79 Å². The van der Waals surface area contributed by atoms with Gasteiger partial charge in [-0.1, -0.05) is 12.1 Å². The molecule has 2 amide bonds. The van der Waals surface area contributed by atoms with Crippen molar-refractivity contribution >= 4 is 11.8 Å². The van der Waals surface area contributed by atoms with Crippen molar-refractivity contribution in [3.8, 4) is 11.5 Å². The fraction of sp³-hybridized carbons (Fsp3) is 0.429. The number of ether oxygens (including phenoxy) is 2. The van der Waals surface area contributed by atoms with Gasteiger partial charge in [0, 0.05) is 45.0 Å². The molecule has 1 fully saturated rings. The van der Waals surface area contributed by atoms with Gasteiger partial charge >= 0.3 is 6.03 Å². The average Bonchev–Trinajstić information content (AvgIpc) is 3.20. The van der Waals surface area contributed by atoms with Crippen molar-refractivity contribution in [2.24, 2.45) is 0 Å². The number of carbonyl (C=O) groups excluding carboxylic acids is 1. The molecule has 1 N–H and O–H groups in total. The Bertz CT molecular complexity index is 836. The number of rotatable bonds is 5. The molecular weight excluding hydrogens is 356 g/mol. The van der Waals surface area contributed by atoms with Crippen molar-refractivity contribution in [2.45, 2.75) is 32.4 Å². The number of hydrogen-bond acceptors (Lipinski definition) is 5. The van der Waals surface area contributed by atoms with Crippen LogP contribution in [0.25, 0.3) is 0 Å². The smallest absolute Gasteiger partial charge is 0.317 e. The summed E-state index contributed by atoms with van der Waals surface area (Å²) in [6, 6.07) is 9.59. The molecule has 0 unspecified atom stereocenters. The Balaban J connectivity index is 1.35. The molecule has 148 valence electrons.